The van der Waals surface area contributed by atoms with E-state index in [0.717, 1.165) is 50.6 Å². The lowest BCUT2D eigenvalue weighted by atomic mass is 9.66. The number of hydrogen-bond donors (Lipinski definition) is 0. The molecular formula is C35H35FNO+. The second-order valence-electron chi connectivity index (χ2n) is 11.7. The minimum atomic E-state index is -0.240. The highest BCUT2D eigenvalue weighted by Crippen LogP contribution is 2.47. The number of aromatic nitrogens is 1. The van der Waals surface area contributed by atoms with E-state index in [1.54, 1.807) is 6.07 Å². The van der Waals surface area contributed by atoms with Crippen LogP contribution in [0.25, 0.3) is 44.3 Å². The average Bonchev–Trinajstić information content (AvgIpc) is 3.32. The van der Waals surface area contributed by atoms with Gasteiger partial charge in [0.25, 0.3) is 0 Å². The van der Waals surface area contributed by atoms with Gasteiger partial charge < -0.3 is 4.42 Å². The smallest absolute Gasteiger partial charge is 0.216 e. The molecule has 5 aromatic rings. The maximum Gasteiger partial charge on any atom is 0.216 e. The minimum absolute atomic E-state index is 0.240. The van der Waals surface area contributed by atoms with Crippen LogP contribution in [0.15, 0.2) is 77.3 Å². The van der Waals surface area contributed by atoms with Crippen LogP contribution in [0.3, 0.4) is 0 Å². The SMILES string of the molecule is Cc1ccc2c(oc3c(-c4ccc(C5CCC6CCCCC6C5)cc4)c(F)ccc32)c1-c1cccc[n+]1C. The van der Waals surface area contributed by atoms with E-state index in [9.17, 15) is 0 Å². The van der Waals surface area contributed by atoms with Crippen molar-refractivity contribution >= 4 is 21.9 Å². The van der Waals surface area contributed by atoms with Crippen LogP contribution in [0.2, 0.25) is 0 Å². The van der Waals surface area contributed by atoms with Crippen molar-refractivity contribution in [2.75, 3.05) is 0 Å². The number of hydrogen-bond acceptors (Lipinski definition) is 1. The van der Waals surface area contributed by atoms with Gasteiger partial charge in [0.2, 0.25) is 5.69 Å². The summed E-state index contributed by atoms with van der Waals surface area (Å²) in [5.74, 6) is 2.24. The fourth-order valence-corrected chi connectivity index (χ4v) is 7.45. The van der Waals surface area contributed by atoms with Crippen molar-refractivity contribution in [2.24, 2.45) is 18.9 Å². The maximum atomic E-state index is 15.5. The molecule has 2 aromatic heterocycles. The van der Waals surface area contributed by atoms with Gasteiger partial charge >= 0.3 is 0 Å². The van der Waals surface area contributed by atoms with Crippen molar-refractivity contribution in [1.29, 1.82) is 0 Å². The number of furan rings is 1. The van der Waals surface area contributed by atoms with E-state index in [1.165, 1.54) is 50.5 Å². The Morgan fingerprint density at radius 3 is 2.29 bits per heavy atom. The number of fused-ring (bicyclic) bond motifs is 4. The summed E-state index contributed by atoms with van der Waals surface area (Å²) in [4.78, 5) is 0. The average molecular weight is 505 g/mol. The Kier molecular flexibility index (Phi) is 5.83. The molecule has 2 saturated carbocycles. The third kappa shape index (κ3) is 3.86. The maximum absolute atomic E-state index is 15.5. The second kappa shape index (κ2) is 9.38. The Morgan fingerprint density at radius 2 is 1.50 bits per heavy atom. The zero-order valence-electron chi connectivity index (χ0n) is 22.3. The van der Waals surface area contributed by atoms with Gasteiger partial charge in [-0.15, -0.1) is 0 Å². The van der Waals surface area contributed by atoms with Crippen LogP contribution in [0.5, 0.6) is 0 Å². The summed E-state index contributed by atoms with van der Waals surface area (Å²) in [6.45, 7) is 2.11. The molecule has 38 heavy (non-hydrogen) atoms. The van der Waals surface area contributed by atoms with Crippen LogP contribution in [0.1, 0.15) is 62.0 Å². The van der Waals surface area contributed by atoms with E-state index in [0.29, 0.717) is 17.1 Å². The van der Waals surface area contributed by atoms with Crippen molar-refractivity contribution in [1.82, 2.24) is 0 Å². The summed E-state index contributed by atoms with van der Waals surface area (Å²) in [5, 5.41) is 1.97. The van der Waals surface area contributed by atoms with E-state index in [1.807, 2.05) is 31.4 Å². The highest BCUT2D eigenvalue weighted by molar-refractivity contribution is 6.13. The monoisotopic (exact) mass is 504 g/mol. The molecule has 2 aliphatic rings. The predicted molar refractivity (Wildman–Crippen MR) is 153 cm³/mol. The third-order valence-electron chi connectivity index (χ3n) is 9.49. The number of rotatable bonds is 3. The zero-order valence-corrected chi connectivity index (χ0v) is 22.3. The summed E-state index contributed by atoms with van der Waals surface area (Å²) in [7, 11) is 2.05. The first-order valence-electron chi connectivity index (χ1n) is 14.3. The third-order valence-corrected chi connectivity index (χ3v) is 9.49. The van der Waals surface area contributed by atoms with Crippen LogP contribution in [-0.2, 0) is 7.05 Å². The Labute approximate surface area is 224 Å². The Morgan fingerprint density at radius 1 is 0.763 bits per heavy atom. The highest BCUT2D eigenvalue weighted by Gasteiger charge is 2.32. The molecule has 0 radical (unpaired) electrons. The van der Waals surface area contributed by atoms with Crippen molar-refractivity contribution in [3.05, 3.63) is 89.9 Å². The van der Waals surface area contributed by atoms with Crippen molar-refractivity contribution < 1.29 is 13.4 Å². The van der Waals surface area contributed by atoms with E-state index in [4.69, 9.17) is 4.42 Å². The molecule has 0 spiro atoms. The van der Waals surface area contributed by atoms with Gasteiger partial charge in [0, 0.05) is 22.9 Å². The molecule has 2 fully saturated rings. The van der Waals surface area contributed by atoms with Crippen LogP contribution >= 0.6 is 0 Å². The molecule has 0 aliphatic heterocycles. The Hall–Kier alpha value is -3.46. The fourth-order valence-electron chi connectivity index (χ4n) is 7.45. The van der Waals surface area contributed by atoms with Gasteiger partial charge in [0.05, 0.1) is 11.1 Å². The summed E-state index contributed by atoms with van der Waals surface area (Å²) in [6.07, 6.45) is 11.7. The number of halogens is 1. The van der Waals surface area contributed by atoms with Crippen LogP contribution in [0.4, 0.5) is 4.39 Å². The second-order valence-corrected chi connectivity index (χ2v) is 11.7. The zero-order chi connectivity index (χ0) is 25.8. The number of pyridine rings is 1. The van der Waals surface area contributed by atoms with Crippen LogP contribution in [0, 0.1) is 24.6 Å². The Balaban J connectivity index is 1.31. The number of benzene rings is 3. The van der Waals surface area contributed by atoms with Crippen molar-refractivity contribution in [3.63, 3.8) is 0 Å². The molecule has 2 heterocycles. The Bertz CT molecular complexity index is 1650. The van der Waals surface area contributed by atoms with E-state index >= 15 is 4.39 Å². The summed E-state index contributed by atoms with van der Waals surface area (Å²) in [5.41, 5.74) is 7.56. The van der Waals surface area contributed by atoms with Gasteiger partial charge in [-0.05, 0) is 78.8 Å². The first-order chi connectivity index (χ1) is 18.6. The van der Waals surface area contributed by atoms with Gasteiger partial charge in [0.15, 0.2) is 6.20 Å². The lowest BCUT2D eigenvalue weighted by Gasteiger charge is -2.39. The molecule has 0 bridgehead atoms. The van der Waals surface area contributed by atoms with Gasteiger partial charge in [-0.2, -0.15) is 0 Å². The van der Waals surface area contributed by atoms with Crippen molar-refractivity contribution in [2.45, 2.75) is 57.8 Å². The van der Waals surface area contributed by atoms with Gasteiger partial charge in [0.1, 0.15) is 24.0 Å². The molecule has 0 N–H and O–H groups in total. The molecule has 0 amide bonds. The molecule has 3 atom stereocenters. The van der Waals surface area contributed by atoms with E-state index in [2.05, 4.69) is 54.0 Å². The molecule has 3 unspecified atom stereocenters. The normalized spacial score (nSPS) is 21.6. The van der Waals surface area contributed by atoms with Gasteiger partial charge in [-0.1, -0.05) is 62.1 Å². The molecule has 3 aromatic carbocycles. The number of aryl methyl sites for hydroxylation is 2. The number of nitrogens with zero attached hydrogens (tertiary/aromatic N) is 1. The molecule has 7 rings (SSSR count). The molecular weight excluding hydrogens is 469 g/mol. The van der Waals surface area contributed by atoms with E-state index in [-0.39, 0.29) is 5.82 Å². The summed E-state index contributed by atoms with van der Waals surface area (Å²) >= 11 is 0. The largest absolute Gasteiger partial charge is 0.454 e. The van der Waals surface area contributed by atoms with Gasteiger partial charge in [-0.25, -0.2) is 8.96 Å². The molecule has 0 saturated heterocycles. The summed E-state index contributed by atoms with van der Waals surface area (Å²) in [6, 6.07) is 22.6. The van der Waals surface area contributed by atoms with Gasteiger partial charge in [-0.3, -0.25) is 0 Å². The lowest BCUT2D eigenvalue weighted by molar-refractivity contribution is -0.660. The lowest BCUT2D eigenvalue weighted by Crippen LogP contribution is -2.30. The molecule has 2 aliphatic carbocycles. The first-order valence-corrected chi connectivity index (χ1v) is 14.3. The quantitative estimate of drug-likeness (QED) is 0.224. The van der Waals surface area contributed by atoms with Crippen LogP contribution in [-0.4, -0.2) is 0 Å². The first kappa shape index (κ1) is 23.6. The van der Waals surface area contributed by atoms with Crippen LogP contribution < -0.4 is 4.57 Å². The predicted octanol–water partition coefficient (Wildman–Crippen LogP) is 9.27. The molecule has 2 nitrogen and oxygen atoms in total. The molecule has 192 valence electrons. The fraction of sp³-hybridized carbons (Fsp3) is 0.343. The highest BCUT2D eigenvalue weighted by atomic mass is 19.1. The van der Waals surface area contributed by atoms with E-state index < -0.39 is 0 Å². The molecule has 3 heteroatoms. The standard InChI is InChI=1S/C35H35FNO/c1-22-10-17-28-29-18-19-30(36)33(35(29)38-34(28)32(22)31-9-5-6-20-37(31)2)25-14-11-24(12-15-25)27-16-13-23-7-3-4-8-26(23)21-27/h5-6,9-12,14-15,17-20,23,26-27H,3-4,7-8,13,16,21H2,1-2H3/q+1. The topological polar surface area (TPSA) is 17.0 Å². The summed E-state index contributed by atoms with van der Waals surface area (Å²) < 4.78 is 24.2. The minimum Gasteiger partial charge on any atom is -0.454 e. The van der Waals surface area contributed by atoms with Crippen molar-refractivity contribution in [3.8, 4) is 22.4 Å².